The van der Waals surface area contributed by atoms with E-state index in [0.717, 1.165) is 22.6 Å². The molecular formula is C27H25N3O4. The number of aryl methyl sites for hydroxylation is 1. The van der Waals surface area contributed by atoms with E-state index in [0.29, 0.717) is 30.1 Å². The summed E-state index contributed by atoms with van der Waals surface area (Å²) < 4.78 is 7.51. The molecule has 0 saturated heterocycles. The third-order valence-corrected chi connectivity index (χ3v) is 5.49. The minimum Gasteiger partial charge on any atom is -0.489 e. The molecule has 0 aliphatic rings. The van der Waals surface area contributed by atoms with Crippen LogP contribution >= 0.6 is 0 Å². The number of nitrogens with one attached hydrogen (secondary N) is 1. The summed E-state index contributed by atoms with van der Waals surface area (Å²) in [5.74, 6) is -0.406. The average molecular weight is 456 g/mol. The van der Waals surface area contributed by atoms with Crippen LogP contribution in [0, 0.1) is 13.8 Å². The van der Waals surface area contributed by atoms with Gasteiger partial charge in [0.15, 0.2) is 0 Å². The highest BCUT2D eigenvalue weighted by atomic mass is 16.5. The van der Waals surface area contributed by atoms with E-state index in [2.05, 4.69) is 10.4 Å². The van der Waals surface area contributed by atoms with Gasteiger partial charge in [-0.3, -0.25) is 9.48 Å². The lowest BCUT2D eigenvalue weighted by molar-refractivity contribution is 0.0696. The molecule has 0 bridgehead atoms. The predicted octanol–water partition coefficient (Wildman–Crippen LogP) is 5.08. The van der Waals surface area contributed by atoms with Gasteiger partial charge in [0.05, 0.1) is 29.2 Å². The zero-order valence-corrected chi connectivity index (χ0v) is 19.0. The SMILES string of the molecule is Cc1nn(Cc2cccc(C(=O)O)c2)c(C)c1NC(=O)c1ccc(COc2ccccc2)cc1. The number of aromatic carboxylic acids is 1. The van der Waals surface area contributed by atoms with E-state index >= 15 is 0 Å². The molecule has 1 amide bonds. The lowest BCUT2D eigenvalue weighted by Crippen LogP contribution is -2.13. The molecule has 1 heterocycles. The number of anilines is 1. The first-order chi connectivity index (χ1) is 16.4. The molecule has 2 N–H and O–H groups in total. The average Bonchev–Trinajstić information content (AvgIpc) is 3.11. The van der Waals surface area contributed by atoms with Gasteiger partial charge in [-0.25, -0.2) is 4.79 Å². The minimum absolute atomic E-state index is 0.227. The summed E-state index contributed by atoms with van der Waals surface area (Å²) in [5.41, 5.74) is 4.67. The number of carbonyl (C=O) groups excluding carboxylic acids is 1. The first-order valence-electron chi connectivity index (χ1n) is 10.8. The Kier molecular flexibility index (Phi) is 6.73. The Balaban J connectivity index is 1.42. The fourth-order valence-corrected chi connectivity index (χ4v) is 3.63. The summed E-state index contributed by atoms with van der Waals surface area (Å²) in [6.45, 7) is 4.53. The Morgan fingerprint density at radius 1 is 0.912 bits per heavy atom. The standard InChI is InChI=1S/C27H25N3O4/c1-18-25(19(2)30(29-18)16-21-7-6-8-23(15-21)27(32)33)28-26(31)22-13-11-20(12-14-22)17-34-24-9-4-3-5-10-24/h3-15H,16-17H2,1-2H3,(H,28,31)(H,32,33). The number of para-hydroxylation sites is 1. The molecule has 0 radical (unpaired) electrons. The maximum Gasteiger partial charge on any atom is 0.335 e. The molecule has 4 aromatic rings. The zero-order chi connectivity index (χ0) is 24.1. The largest absolute Gasteiger partial charge is 0.489 e. The van der Waals surface area contributed by atoms with Crippen molar-refractivity contribution in [1.29, 1.82) is 0 Å². The van der Waals surface area contributed by atoms with Gasteiger partial charge in [0.1, 0.15) is 12.4 Å². The summed E-state index contributed by atoms with van der Waals surface area (Å²) in [6.07, 6.45) is 0. The Labute approximate surface area is 197 Å². The highest BCUT2D eigenvalue weighted by molar-refractivity contribution is 6.04. The molecule has 0 aliphatic carbocycles. The molecule has 0 unspecified atom stereocenters. The third kappa shape index (κ3) is 5.32. The fraction of sp³-hybridized carbons (Fsp3) is 0.148. The molecule has 0 atom stereocenters. The number of benzene rings is 3. The molecule has 34 heavy (non-hydrogen) atoms. The highest BCUT2D eigenvalue weighted by Crippen LogP contribution is 2.22. The third-order valence-electron chi connectivity index (χ3n) is 5.49. The van der Waals surface area contributed by atoms with Crippen LogP contribution in [-0.4, -0.2) is 26.8 Å². The van der Waals surface area contributed by atoms with Gasteiger partial charge in [0, 0.05) is 5.56 Å². The molecule has 0 fully saturated rings. The topological polar surface area (TPSA) is 93.5 Å². The van der Waals surface area contributed by atoms with Crippen LogP contribution < -0.4 is 10.1 Å². The van der Waals surface area contributed by atoms with Gasteiger partial charge in [-0.2, -0.15) is 5.10 Å². The van der Waals surface area contributed by atoms with Gasteiger partial charge in [0.2, 0.25) is 0 Å². The molecule has 3 aromatic carbocycles. The maximum absolute atomic E-state index is 12.9. The highest BCUT2D eigenvalue weighted by Gasteiger charge is 2.16. The monoisotopic (exact) mass is 455 g/mol. The maximum atomic E-state index is 12.9. The van der Waals surface area contributed by atoms with Crippen LogP contribution in [0.3, 0.4) is 0 Å². The number of aromatic nitrogens is 2. The zero-order valence-electron chi connectivity index (χ0n) is 19.0. The van der Waals surface area contributed by atoms with Crippen LogP contribution in [0.5, 0.6) is 5.75 Å². The molecule has 7 nitrogen and oxygen atoms in total. The summed E-state index contributed by atoms with van der Waals surface area (Å²) >= 11 is 0. The van der Waals surface area contributed by atoms with Crippen molar-refractivity contribution >= 4 is 17.6 Å². The van der Waals surface area contributed by atoms with E-state index in [-0.39, 0.29) is 11.5 Å². The molecule has 4 rings (SSSR count). The van der Waals surface area contributed by atoms with Crippen LogP contribution in [-0.2, 0) is 13.2 Å². The van der Waals surface area contributed by atoms with Crippen molar-refractivity contribution in [3.05, 3.63) is 113 Å². The Bertz CT molecular complexity index is 1310. The molecule has 1 aromatic heterocycles. The number of hydrogen-bond donors (Lipinski definition) is 2. The van der Waals surface area contributed by atoms with Gasteiger partial charge in [-0.1, -0.05) is 42.5 Å². The number of carboxylic acids is 1. The van der Waals surface area contributed by atoms with Crippen LogP contribution in [0.4, 0.5) is 5.69 Å². The normalized spacial score (nSPS) is 10.6. The predicted molar refractivity (Wildman–Crippen MR) is 129 cm³/mol. The quantitative estimate of drug-likeness (QED) is 0.387. The first-order valence-corrected chi connectivity index (χ1v) is 10.8. The van der Waals surface area contributed by atoms with Crippen molar-refractivity contribution in [2.24, 2.45) is 0 Å². The van der Waals surface area contributed by atoms with Crippen molar-refractivity contribution in [3.8, 4) is 5.75 Å². The number of carbonyl (C=O) groups is 2. The number of carboxylic acid groups (broad SMARTS) is 1. The van der Waals surface area contributed by atoms with Crippen molar-refractivity contribution in [1.82, 2.24) is 9.78 Å². The van der Waals surface area contributed by atoms with E-state index in [4.69, 9.17) is 4.74 Å². The summed E-state index contributed by atoms with van der Waals surface area (Å²) in [5, 5.41) is 16.7. The van der Waals surface area contributed by atoms with Crippen molar-refractivity contribution in [2.75, 3.05) is 5.32 Å². The Hall–Kier alpha value is -4.39. The van der Waals surface area contributed by atoms with Gasteiger partial charge < -0.3 is 15.2 Å². The second-order valence-electron chi connectivity index (χ2n) is 7.96. The second-order valence-corrected chi connectivity index (χ2v) is 7.96. The molecule has 172 valence electrons. The number of ether oxygens (including phenoxy) is 1. The lowest BCUT2D eigenvalue weighted by Gasteiger charge is -2.09. The second kappa shape index (κ2) is 10.0. The van der Waals surface area contributed by atoms with Crippen LogP contribution in [0.1, 0.15) is 43.2 Å². The summed E-state index contributed by atoms with van der Waals surface area (Å²) in [6, 6.07) is 23.6. The van der Waals surface area contributed by atoms with Crippen LogP contribution in [0.25, 0.3) is 0 Å². The van der Waals surface area contributed by atoms with Crippen LogP contribution in [0.2, 0.25) is 0 Å². The summed E-state index contributed by atoms with van der Waals surface area (Å²) in [4.78, 5) is 24.1. The van der Waals surface area contributed by atoms with Crippen molar-refractivity contribution in [3.63, 3.8) is 0 Å². The molecule has 7 heteroatoms. The van der Waals surface area contributed by atoms with E-state index in [9.17, 15) is 14.7 Å². The molecule has 0 saturated carbocycles. The molecular weight excluding hydrogens is 430 g/mol. The smallest absolute Gasteiger partial charge is 0.335 e. The molecule has 0 spiro atoms. The lowest BCUT2D eigenvalue weighted by atomic mass is 10.1. The van der Waals surface area contributed by atoms with Gasteiger partial charge >= 0.3 is 5.97 Å². The fourth-order valence-electron chi connectivity index (χ4n) is 3.63. The minimum atomic E-state index is -0.971. The van der Waals surface area contributed by atoms with Crippen molar-refractivity contribution in [2.45, 2.75) is 27.0 Å². The number of nitrogens with zero attached hydrogens (tertiary/aromatic N) is 2. The Morgan fingerprint density at radius 2 is 1.65 bits per heavy atom. The van der Waals surface area contributed by atoms with Crippen molar-refractivity contribution < 1.29 is 19.4 Å². The van der Waals surface area contributed by atoms with E-state index in [1.54, 1.807) is 35.0 Å². The first kappa shape index (κ1) is 22.8. The Morgan fingerprint density at radius 3 is 2.35 bits per heavy atom. The number of rotatable bonds is 8. The van der Waals surface area contributed by atoms with E-state index in [1.807, 2.05) is 62.4 Å². The van der Waals surface area contributed by atoms with Gasteiger partial charge in [-0.05, 0) is 61.4 Å². The van der Waals surface area contributed by atoms with E-state index < -0.39 is 5.97 Å². The number of hydrogen-bond acceptors (Lipinski definition) is 4. The van der Waals surface area contributed by atoms with Gasteiger partial charge in [0.25, 0.3) is 5.91 Å². The van der Waals surface area contributed by atoms with Gasteiger partial charge in [-0.15, -0.1) is 0 Å². The summed E-state index contributed by atoms with van der Waals surface area (Å²) in [7, 11) is 0. The van der Waals surface area contributed by atoms with Crippen LogP contribution in [0.15, 0.2) is 78.9 Å². The number of amides is 1. The van der Waals surface area contributed by atoms with E-state index in [1.165, 1.54) is 0 Å². The molecule has 0 aliphatic heterocycles.